The summed E-state index contributed by atoms with van der Waals surface area (Å²) >= 11 is 1.89. The van der Waals surface area contributed by atoms with Gasteiger partial charge in [0.05, 0.1) is 32.5 Å². The van der Waals surface area contributed by atoms with Gasteiger partial charge in [0.25, 0.3) is 0 Å². The van der Waals surface area contributed by atoms with Crippen LogP contribution in [0.15, 0.2) is 182 Å². The van der Waals surface area contributed by atoms with Crippen LogP contribution in [0.1, 0.15) is 13.3 Å². The van der Waals surface area contributed by atoms with Gasteiger partial charge in [-0.15, -0.1) is 11.3 Å². The number of thiophene rings is 1. The van der Waals surface area contributed by atoms with E-state index in [9.17, 15) is 0 Å². The fourth-order valence-electron chi connectivity index (χ4n) is 8.35. The van der Waals surface area contributed by atoms with Crippen molar-refractivity contribution in [2.45, 2.75) is 18.9 Å². The SMILES string of the molecule is CC1(n2c3ccccc3c3sc4c5ccc(-c6ccc(-c7nc(-c8ccccc8)nc(-c8ccccc8)n7)cc6)cc5nc(-c5ccccc5)c4c32)C=CC=CC1. The van der Waals surface area contributed by atoms with Gasteiger partial charge in [-0.25, -0.2) is 19.9 Å². The van der Waals surface area contributed by atoms with E-state index in [2.05, 4.69) is 133 Å². The summed E-state index contributed by atoms with van der Waals surface area (Å²) < 4.78 is 5.15. The first kappa shape index (κ1) is 33.3. The Hall–Kier alpha value is -7.02. The van der Waals surface area contributed by atoms with E-state index in [4.69, 9.17) is 19.9 Å². The van der Waals surface area contributed by atoms with Crippen LogP contribution in [-0.4, -0.2) is 24.5 Å². The Morgan fingerprint density at radius 1 is 0.509 bits per heavy atom. The molecular formula is C51H35N5S. The van der Waals surface area contributed by atoms with Crippen molar-refractivity contribution in [1.82, 2.24) is 24.5 Å². The van der Waals surface area contributed by atoms with Crippen LogP contribution >= 0.6 is 11.3 Å². The predicted molar refractivity (Wildman–Crippen MR) is 237 cm³/mol. The van der Waals surface area contributed by atoms with Crippen molar-refractivity contribution in [2.75, 3.05) is 0 Å². The molecule has 11 rings (SSSR count). The normalized spacial score (nSPS) is 15.3. The molecule has 57 heavy (non-hydrogen) atoms. The van der Waals surface area contributed by atoms with Crippen molar-refractivity contribution >= 4 is 53.4 Å². The smallest absolute Gasteiger partial charge is 0.164 e. The van der Waals surface area contributed by atoms with Gasteiger partial charge < -0.3 is 4.57 Å². The highest BCUT2D eigenvalue weighted by atomic mass is 32.1. The molecule has 0 radical (unpaired) electrons. The van der Waals surface area contributed by atoms with Crippen molar-refractivity contribution in [3.05, 3.63) is 182 Å². The fourth-order valence-corrected chi connectivity index (χ4v) is 9.70. The van der Waals surface area contributed by atoms with Gasteiger partial charge in [-0.1, -0.05) is 170 Å². The largest absolute Gasteiger partial charge is 0.329 e. The summed E-state index contributed by atoms with van der Waals surface area (Å²) in [5, 5.41) is 3.66. The number of hydrogen-bond acceptors (Lipinski definition) is 5. The number of fused-ring (bicyclic) bond motifs is 7. The average Bonchev–Trinajstić information content (AvgIpc) is 3.83. The van der Waals surface area contributed by atoms with E-state index in [-0.39, 0.29) is 5.54 Å². The third-order valence-electron chi connectivity index (χ3n) is 11.2. The topological polar surface area (TPSA) is 56.5 Å². The van der Waals surface area contributed by atoms with E-state index >= 15 is 0 Å². The zero-order valence-corrected chi connectivity index (χ0v) is 32.0. The minimum absolute atomic E-state index is 0.212. The van der Waals surface area contributed by atoms with Crippen molar-refractivity contribution in [2.24, 2.45) is 0 Å². The van der Waals surface area contributed by atoms with Gasteiger partial charge >= 0.3 is 0 Å². The molecule has 0 bridgehead atoms. The Kier molecular flexibility index (Phi) is 7.79. The highest BCUT2D eigenvalue weighted by Crippen LogP contribution is 2.49. The highest BCUT2D eigenvalue weighted by Gasteiger charge is 2.31. The number of benzene rings is 6. The summed E-state index contributed by atoms with van der Waals surface area (Å²) in [5.41, 5.74) is 10.4. The lowest BCUT2D eigenvalue weighted by molar-refractivity contribution is 0.438. The van der Waals surface area contributed by atoms with Crippen LogP contribution in [-0.2, 0) is 5.54 Å². The van der Waals surface area contributed by atoms with Crippen LogP contribution in [0, 0.1) is 0 Å². The molecule has 1 aliphatic carbocycles. The Bertz CT molecular complexity index is 3140. The lowest BCUT2D eigenvalue weighted by Crippen LogP contribution is -2.27. The van der Waals surface area contributed by atoms with Gasteiger partial charge in [-0.05, 0) is 36.6 Å². The van der Waals surface area contributed by atoms with Gasteiger partial charge in [0.15, 0.2) is 17.5 Å². The molecule has 0 spiro atoms. The monoisotopic (exact) mass is 749 g/mol. The van der Waals surface area contributed by atoms with Crippen LogP contribution in [0.2, 0.25) is 0 Å². The number of rotatable bonds is 6. The molecule has 10 aromatic rings. The standard InChI is InChI=1S/C51H35N5S/c1-51(30-14-5-15-31-51)56-42-23-13-12-22-40(42)47-45(56)43-44(34-16-6-2-7-17-34)52-41-32-38(28-29-39(41)46(43)57-47)33-24-26-37(27-25-33)50-54-48(35-18-8-3-9-19-35)53-49(55-50)36-20-10-4-11-21-36/h2-30,32H,31H2,1H3. The van der Waals surface area contributed by atoms with E-state index in [1.165, 1.54) is 31.2 Å². The van der Waals surface area contributed by atoms with Crippen LogP contribution in [0.4, 0.5) is 0 Å². The highest BCUT2D eigenvalue weighted by molar-refractivity contribution is 7.27. The summed E-state index contributed by atoms with van der Waals surface area (Å²) in [6.07, 6.45) is 9.90. The molecule has 0 aliphatic heterocycles. The van der Waals surface area contributed by atoms with Crippen LogP contribution < -0.4 is 0 Å². The van der Waals surface area contributed by atoms with Gasteiger partial charge in [0.2, 0.25) is 0 Å². The van der Waals surface area contributed by atoms with E-state index in [0.29, 0.717) is 17.5 Å². The van der Waals surface area contributed by atoms with Crippen LogP contribution in [0.3, 0.4) is 0 Å². The summed E-state index contributed by atoms with van der Waals surface area (Å²) in [4.78, 5) is 20.3. The second-order valence-electron chi connectivity index (χ2n) is 14.9. The predicted octanol–water partition coefficient (Wildman–Crippen LogP) is 13.3. The second-order valence-corrected chi connectivity index (χ2v) is 15.9. The molecule has 0 saturated heterocycles. The van der Waals surface area contributed by atoms with E-state index < -0.39 is 0 Å². The summed E-state index contributed by atoms with van der Waals surface area (Å²) in [7, 11) is 0. The Labute approximate surface area is 334 Å². The maximum absolute atomic E-state index is 5.54. The summed E-state index contributed by atoms with van der Waals surface area (Å²) in [5.74, 6) is 1.94. The minimum atomic E-state index is -0.212. The molecule has 270 valence electrons. The molecule has 1 unspecified atom stereocenters. The lowest BCUT2D eigenvalue weighted by atomic mass is 9.92. The zero-order valence-electron chi connectivity index (χ0n) is 31.2. The Morgan fingerprint density at radius 3 is 1.70 bits per heavy atom. The Morgan fingerprint density at radius 2 is 1.07 bits per heavy atom. The quantitative estimate of drug-likeness (QED) is 0.170. The maximum Gasteiger partial charge on any atom is 0.164 e. The molecule has 0 N–H and O–H groups in total. The molecule has 6 heteroatoms. The molecule has 0 fully saturated rings. The Balaban J connectivity index is 1.06. The molecule has 4 heterocycles. The first-order chi connectivity index (χ1) is 28.1. The second kappa shape index (κ2) is 13.3. The van der Waals surface area contributed by atoms with Crippen LogP contribution in [0.5, 0.6) is 0 Å². The number of aromatic nitrogens is 5. The van der Waals surface area contributed by atoms with E-state index in [0.717, 1.165) is 56.4 Å². The molecule has 6 aromatic carbocycles. The van der Waals surface area contributed by atoms with E-state index in [1.807, 2.05) is 72.0 Å². The summed E-state index contributed by atoms with van der Waals surface area (Å²) in [6, 6.07) is 55.0. The first-order valence-corrected chi connectivity index (χ1v) is 20.1. The zero-order chi connectivity index (χ0) is 37.9. The molecule has 0 amide bonds. The van der Waals surface area contributed by atoms with Gasteiger partial charge in [0.1, 0.15) is 0 Å². The number of hydrogen-bond donors (Lipinski definition) is 0. The van der Waals surface area contributed by atoms with Crippen molar-refractivity contribution in [1.29, 1.82) is 0 Å². The number of pyridine rings is 1. The first-order valence-electron chi connectivity index (χ1n) is 19.3. The third kappa shape index (κ3) is 5.60. The van der Waals surface area contributed by atoms with Crippen LogP contribution in [0.25, 0.3) is 98.7 Å². The van der Waals surface area contributed by atoms with Crippen molar-refractivity contribution in [3.63, 3.8) is 0 Å². The van der Waals surface area contributed by atoms with Gasteiger partial charge in [-0.2, -0.15) is 0 Å². The number of nitrogens with zero attached hydrogens (tertiary/aromatic N) is 5. The molecule has 1 atom stereocenters. The van der Waals surface area contributed by atoms with Gasteiger partial charge in [0, 0.05) is 43.1 Å². The average molecular weight is 750 g/mol. The van der Waals surface area contributed by atoms with Crippen molar-refractivity contribution < 1.29 is 0 Å². The number of para-hydroxylation sites is 1. The number of allylic oxidation sites excluding steroid dienone is 4. The maximum atomic E-state index is 5.54. The van der Waals surface area contributed by atoms with Crippen molar-refractivity contribution in [3.8, 4) is 56.5 Å². The minimum Gasteiger partial charge on any atom is -0.329 e. The van der Waals surface area contributed by atoms with E-state index in [1.54, 1.807) is 0 Å². The molecule has 0 saturated carbocycles. The molecule has 5 nitrogen and oxygen atoms in total. The van der Waals surface area contributed by atoms with Gasteiger partial charge in [-0.3, -0.25) is 0 Å². The molecular weight excluding hydrogens is 715 g/mol. The molecule has 1 aliphatic rings. The lowest BCUT2D eigenvalue weighted by Gasteiger charge is -2.31. The fraction of sp³-hybridized carbons (Fsp3) is 0.0588. The third-order valence-corrected chi connectivity index (χ3v) is 12.4. The molecule has 4 aromatic heterocycles. The summed E-state index contributed by atoms with van der Waals surface area (Å²) in [6.45, 7) is 2.35.